The van der Waals surface area contributed by atoms with E-state index >= 15 is 0 Å². The van der Waals surface area contributed by atoms with Gasteiger partial charge in [-0.3, -0.25) is 14.9 Å². The van der Waals surface area contributed by atoms with Crippen molar-refractivity contribution in [2.45, 2.75) is 64.1 Å². The Kier molecular flexibility index (Phi) is 14.7. The number of amides is 1. The van der Waals surface area contributed by atoms with E-state index in [1.54, 1.807) is 91.0 Å². The molecule has 2 atom stereocenters. The Balaban J connectivity index is 1.24. The molecule has 4 rings (SSSR count). The summed E-state index contributed by atoms with van der Waals surface area (Å²) in [6, 6.07) is 23.7. The molecule has 0 bridgehead atoms. The Morgan fingerprint density at radius 3 is 2.12 bits per heavy atom. The zero-order chi connectivity index (χ0) is 35.9. The maximum atomic E-state index is 12.7. The number of benzene rings is 4. The number of halogens is 1. The molecular weight excluding hydrogens is 660 g/mol. The van der Waals surface area contributed by atoms with E-state index in [2.05, 4.69) is 17.6 Å². The summed E-state index contributed by atoms with van der Waals surface area (Å²) in [5, 5.41) is 26.5. The smallest absolute Gasteiger partial charge is 0.343 e. The van der Waals surface area contributed by atoms with E-state index in [0.29, 0.717) is 51.3 Å². The molecular formula is C39H43ClN2O8. The summed E-state index contributed by atoms with van der Waals surface area (Å²) in [5.74, 6) is -0.400. The third-order valence-electron chi connectivity index (χ3n) is 7.93. The SMILES string of the molecule is CCCCCCCOc1ccc(C(=O)Oc2ccc(CC(NC(O)c3ccc(NC(=O)Cc4ccc(OC)c(Cl)c4)cc3)C(=O)O)cc2)cc1. The number of rotatable bonds is 19. The predicted octanol–water partition coefficient (Wildman–Crippen LogP) is 7.37. The fourth-order valence-corrected chi connectivity index (χ4v) is 5.42. The number of carbonyl (C=O) groups is 3. The van der Waals surface area contributed by atoms with Crippen LogP contribution >= 0.6 is 11.6 Å². The van der Waals surface area contributed by atoms with Crippen molar-refractivity contribution in [2.75, 3.05) is 19.0 Å². The molecule has 264 valence electrons. The number of carboxylic acids is 1. The van der Waals surface area contributed by atoms with E-state index in [1.165, 1.54) is 26.4 Å². The second kappa shape index (κ2) is 19.3. The lowest BCUT2D eigenvalue weighted by molar-refractivity contribution is -0.140. The first-order valence-electron chi connectivity index (χ1n) is 16.6. The molecule has 0 saturated carbocycles. The van der Waals surface area contributed by atoms with Crippen molar-refractivity contribution in [3.63, 3.8) is 0 Å². The topological polar surface area (TPSA) is 143 Å². The highest BCUT2D eigenvalue weighted by molar-refractivity contribution is 6.32. The first-order chi connectivity index (χ1) is 24.1. The first-order valence-corrected chi connectivity index (χ1v) is 17.0. The zero-order valence-corrected chi connectivity index (χ0v) is 28.9. The quantitative estimate of drug-likeness (QED) is 0.0341. The minimum atomic E-state index is -1.29. The number of carboxylic acid groups (broad SMARTS) is 1. The average molecular weight is 703 g/mol. The number of nitrogens with one attached hydrogen (secondary N) is 2. The molecule has 0 heterocycles. The molecule has 0 aliphatic rings. The summed E-state index contributed by atoms with van der Waals surface area (Å²) in [6.45, 7) is 2.82. The van der Waals surface area contributed by atoms with Crippen molar-refractivity contribution in [1.29, 1.82) is 0 Å². The minimum Gasteiger partial charge on any atom is -0.495 e. The molecule has 10 nitrogen and oxygen atoms in total. The molecule has 50 heavy (non-hydrogen) atoms. The van der Waals surface area contributed by atoms with Crippen molar-refractivity contribution in [1.82, 2.24) is 5.32 Å². The average Bonchev–Trinajstić information content (AvgIpc) is 3.10. The van der Waals surface area contributed by atoms with Gasteiger partial charge in [0.1, 0.15) is 29.5 Å². The predicted molar refractivity (Wildman–Crippen MR) is 192 cm³/mol. The molecule has 2 unspecified atom stereocenters. The molecule has 0 spiro atoms. The number of aliphatic carboxylic acids is 1. The zero-order valence-electron chi connectivity index (χ0n) is 28.2. The molecule has 4 aromatic rings. The van der Waals surface area contributed by atoms with Crippen molar-refractivity contribution in [2.24, 2.45) is 0 Å². The van der Waals surface area contributed by atoms with Gasteiger partial charge >= 0.3 is 11.9 Å². The van der Waals surface area contributed by atoms with Gasteiger partial charge in [-0.2, -0.15) is 0 Å². The van der Waals surface area contributed by atoms with E-state index in [9.17, 15) is 24.6 Å². The molecule has 4 aromatic carbocycles. The number of aliphatic hydroxyl groups is 1. The molecule has 0 aromatic heterocycles. The number of hydrogen-bond donors (Lipinski definition) is 4. The van der Waals surface area contributed by atoms with Crippen LogP contribution in [0, 0.1) is 0 Å². The molecule has 11 heteroatoms. The Labute approximate surface area is 297 Å². The molecule has 0 saturated heterocycles. The maximum Gasteiger partial charge on any atom is 0.343 e. The number of carbonyl (C=O) groups excluding carboxylic acids is 2. The van der Waals surface area contributed by atoms with Crippen LogP contribution in [0.4, 0.5) is 5.69 Å². The van der Waals surface area contributed by atoms with Gasteiger partial charge in [0.15, 0.2) is 0 Å². The van der Waals surface area contributed by atoms with Crippen molar-refractivity contribution in [3.05, 3.63) is 118 Å². The fourth-order valence-electron chi connectivity index (χ4n) is 5.14. The van der Waals surface area contributed by atoms with Crippen LogP contribution in [0.1, 0.15) is 72.3 Å². The lowest BCUT2D eigenvalue weighted by Gasteiger charge is -2.20. The highest BCUT2D eigenvalue weighted by atomic mass is 35.5. The minimum absolute atomic E-state index is 0.0597. The van der Waals surface area contributed by atoms with E-state index < -0.39 is 24.2 Å². The summed E-state index contributed by atoms with van der Waals surface area (Å²) >= 11 is 6.15. The Morgan fingerprint density at radius 1 is 0.820 bits per heavy atom. The first kappa shape index (κ1) is 37.9. The molecule has 0 fully saturated rings. The second-order valence-corrected chi connectivity index (χ2v) is 12.2. The number of unbranched alkanes of at least 4 members (excludes halogenated alkanes) is 4. The van der Waals surface area contributed by atoms with E-state index in [1.807, 2.05) is 0 Å². The maximum absolute atomic E-state index is 12.7. The highest BCUT2D eigenvalue weighted by Crippen LogP contribution is 2.25. The van der Waals surface area contributed by atoms with Gasteiger partial charge in [0.25, 0.3) is 0 Å². The Bertz CT molecular complexity index is 1700. The van der Waals surface area contributed by atoms with Crippen LogP contribution in [-0.2, 0) is 22.4 Å². The van der Waals surface area contributed by atoms with Crippen LogP contribution in [0.15, 0.2) is 91.0 Å². The van der Waals surface area contributed by atoms with Gasteiger partial charge in [-0.15, -0.1) is 0 Å². The monoisotopic (exact) mass is 702 g/mol. The molecule has 0 aliphatic carbocycles. The summed E-state index contributed by atoms with van der Waals surface area (Å²) in [5.41, 5.74) is 2.68. The van der Waals surface area contributed by atoms with Crippen LogP contribution in [-0.4, -0.2) is 47.8 Å². The number of ether oxygens (including phenoxy) is 3. The van der Waals surface area contributed by atoms with Crippen molar-refractivity contribution in [3.8, 4) is 17.2 Å². The number of anilines is 1. The summed E-state index contributed by atoms with van der Waals surface area (Å²) in [7, 11) is 1.51. The van der Waals surface area contributed by atoms with Crippen molar-refractivity contribution >= 4 is 35.1 Å². The number of aliphatic hydroxyl groups excluding tert-OH is 1. The van der Waals surface area contributed by atoms with Gasteiger partial charge < -0.3 is 29.7 Å². The van der Waals surface area contributed by atoms with Gasteiger partial charge in [-0.05, 0) is 90.2 Å². The van der Waals surface area contributed by atoms with Gasteiger partial charge in [-0.1, -0.05) is 74.5 Å². The Hall–Kier alpha value is -4.90. The van der Waals surface area contributed by atoms with Crippen molar-refractivity contribution < 1.29 is 38.8 Å². The van der Waals surface area contributed by atoms with Crippen LogP contribution < -0.4 is 24.8 Å². The van der Waals surface area contributed by atoms with Crippen LogP contribution in [0.3, 0.4) is 0 Å². The summed E-state index contributed by atoms with van der Waals surface area (Å²) in [4.78, 5) is 37.2. The molecule has 1 amide bonds. The van der Waals surface area contributed by atoms with Crippen LogP contribution in [0.5, 0.6) is 17.2 Å². The van der Waals surface area contributed by atoms with Gasteiger partial charge in [0.05, 0.1) is 30.7 Å². The van der Waals surface area contributed by atoms with Crippen LogP contribution in [0.25, 0.3) is 0 Å². The van der Waals surface area contributed by atoms with Gasteiger partial charge in [0.2, 0.25) is 5.91 Å². The largest absolute Gasteiger partial charge is 0.495 e. The standard InChI is InChI=1S/C39H43ClN2O8/c1-3-4-5-6-7-22-49-31-19-13-29(14-20-31)39(47)50-32-17-8-26(9-18-32)24-34(38(45)46)42-37(44)28-11-15-30(16-12-28)41-36(43)25-27-10-21-35(48-2)33(40)23-27/h8-21,23,34,37,42,44H,3-7,22,24-25H2,1-2H3,(H,41,43)(H,45,46). The molecule has 0 aliphatic heterocycles. The third-order valence-corrected chi connectivity index (χ3v) is 8.22. The lowest BCUT2D eigenvalue weighted by atomic mass is 10.0. The lowest BCUT2D eigenvalue weighted by Crippen LogP contribution is -2.40. The van der Waals surface area contributed by atoms with E-state index in [4.69, 9.17) is 25.8 Å². The van der Waals surface area contributed by atoms with Gasteiger partial charge in [-0.25, -0.2) is 4.79 Å². The number of methoxy groups -OCH3 is 1. The summed E-state index contributed by atoms with van der Waals surface area (Å²) in [6.07, 6.45) is 4.63. The normalized spacial score (nSPS) is 12.1. The number of esters is 1. The summed E-state index contributed by atoms with van der Waals surface area (Å²) < 4.78 is 16.4. The Morgan fingerprint density at radius 2 is 1.48 bits per heavy atom. The van der Waals surface area contributed by atoms with Gasteiger partial charge in [0, 0.05) is 5.69 Å². The highest BCUT2D eigenvalue weighted by Gasteiger charge is 2.22. The number of hydrogen-bond acceptors (Lipinski definition) is 8. The van der Waals surface area contributed by atoms with E-state index in [0.717, 1.165) is 18.4 Å². The van der Waals surface area contributed by atoms with Crippen LogP contribution in [0.2, 0.25) is 5.02 Å². The second-order valence-electron chi connectivity index (χ2n) is 11.8. The molecule has 0 radical (unpaired) electrons. The van der Waals surface area contributed by atoms with E-state index in [-0.39, 0.29) is 18.7 Å². The fraction of sp³-hybridized carbons (Fsp3) is 0.308. The molecule has 4 N–H and O–H groups in total. The third kappa shape index (κ3) is 11.9.